The molecule has 9 rings (SSSR count). The van der Waals surface area contributed by atoms with Gasteiger partial charge in [-0.25, -0.2) is 0 Å². The van der Waals surface area contributed by atoms with Gasteiger partial charge >= 0.3 is 0 Å². The van der Waals surface area contributed by atoms with Crippen LogP contribution in [0.1, 0.15) is 11.1 Å². The lowest BCUT2D eigenvalue weighted by atomic mass is 9.86. The van der Waals surface area contributed by atoms with Gasteiger partial charge in [0.1, 0.15) is 0 Å². The van der Waals surface area contributed by atoms with Crippen LogP contribution >= 0.6 is 11.3 Å². The fraction of sp³-hybridized carbons (Fsp3) is 0.0417. The third-order valence-electron chi connectivity index (χ3n) is 10.0. The van der Waals surface area contributed by atoms with Crippen LogP contribution in [-0.2, 0) is 0 Å². The second-order valence-corrected chi connectivity index (χ2v) is 14.0. The lowest BCUT2D eigenvalue weighted by Crippen LogP contribution is -1.92. The van der Waals surface area contributed by atoms with E-state index >= 15 is 0 Å². The molecule has 0 unspecified atom stereocenters. The van der Waals surface area contributed by atoms with Crippen LogP contribution < -0.4 is 0 Å². The highest BCUT2D eigenvalue weighted by molar-refractivity contribution is 7.26. The van der Waals surface area contributed by atoms with Crippen LogP contribution in [0.5, 0.6) is 0 Å². The molecule has 8 aromatic carbocycles. The Morgan fingerprint density at radius 1 is 0.347 bits per heavy atom. The van der Waals surface area contributed by atoms with Crippen molar-refractivity contribution in [3.8, 4) is 55.6 Å². The quantitative estimate of drug-likeness (QED) is 0.175. The summed E-state index contributed by atoms with van der Waals surface area (Å²) in [5.74, 6) is 0. The fourth-order valence-electron chi connectivity index (χ4n) is 7.49. The third-order valence-corrected chi connectivity index (χ3v) is 11.3. The SMILES string of the molecule is Cc1cc(-c2ccc(-c3ccccc3)cc2)c2ccccc2c1-c1ccc2c(sc3cc(-c4ccc(-c5ccccc5)cc4)ccc32)c1C. The van der Waals surface area contributed by atoms with Crippen molar-refractivity contribution in [3.05, 3.63) is 181 Å². The molecule has 0 amide bonds. The smallest absolute Gasteiger partial charge is 0.0390 e. The monoisotopic (exact) mass is 642 g/mol. The summed E-state index contributed by atoms with van der Waals surface area (Å²) in [5.41, 5.74) is 15.3. The van der Waals surface area contributed by atoms with Gasteiger partial charge in [-0.2, -0.15) is 0 Å². The van der Waals surface area contributed by atoms with Crippen LogP contribution in [0.4, 0.5) is 0 Å². The molecule has 0 aliphatic rings. The molecule has 232 valence electrons. The maximum Gasteiger partial charge on any atom is 0.0390 e. The molecule has 0 aliphatic carbocycles. The topological polar surface area (TPSA) is 0 Å². The Bertz CT molecular complexity index is 2630. The summed E-state index contributed by atoms with van der Waals surface area (Å²) in [6.07, 6.45) is 0. The molecule has 0 spiro atoms. The van der Waals surface area contributed by atoms with Gasteiger partial charge in [0.15, 0.2) is 0 Å². The highest BCUT2D eigenvalue weighted by Crippen LogP contribution is 2.45. The highest BCUT2D eigenvalue weighted by Gasteiger charge is 2.18. The van der Waals surface area contributed by atoms with Crippen molar-refractivity contribution in [1.29, 1.82) is 0 Å². The van der Waals surface area contributed by atoms with Crippen molar-refractivity contribution in [2.24, 2.45) is 0 Å². The number of rotatable bonds is 5. The van der Waals surface area contributed by atoms with Crippen molar-refractivity contribution >= 4 is 42.3 Å². The predicted octanol–water partition coefficient (Wildman–Crippen LogP) is 14.2. The molecule has 0 saturated heterocycles. The molecule has 1 heterocycles. The number of fused-ring (bicyclic) bond motifs is 4. The largest absolute Gasteiger partial charge is 0.135 e. The second-order valence-electron chi connectivity index (χ2n) is 13.0. The number of benzene rings is 8. The molecule has 1 aromatic heterocycles. The van der Waals surface area contributed by atoms with Crippen LogP contribution in [0.15, 0.2) is 170 Å². The molecule has 49 heavy (non-hydrogen) atoms. The van der Waals surface area contributed by atoms with Crippen LogP contribution in [0.3, 0.4) is 0 Å². The van der Waals surface area contributed by atoms with Crippen molar-refractivity contribution < 1.29 is 0 Å². The number of hydrogen-bond acceptors (Lipinski definition) is 1. The van der Waals surface area contributed by atoms with Gasteiger partial charge in [-0.1, -0.05) is 164 Å². The molecule has 0 N–H and O–H groups in total. The summed E-state index contributed by atoms with van der Waals surface area (Å²) in [5, 5.41) is 5.25. The summed E-state index contributed by atoms with van der Waals surface area (Å²) in [4.78, 5) is 0. The second kappa shape index (κ2) is 12.0. The maximum absolute atomic E-state index is 2.39. The fourth-order valence-corrected chi connectivity index (χ4v) is 8.74. The van der Waals surface area contributed by atoms with Gasteiger partial charge in [-0.05, 0) is 97.4 Å². The molecule has 0 radical (unpaired) electrons. The molecule has 0 nitrogen and oxygen atoms in total. The summed E-state index contributed by atoms with van der Waals surface area (Å²) >= 11 is 1.92. The molecule has 9 aromatic rings. The zero-order valence-corrected chi connectivity index (χ0v) is 28.4. The van der Waals surface area contributed by atoms with E-state index in [0.29, 0.717) is 0 Å². The Morgan fingerprint density at radius 3 is 1.47 bits per heavy atom. The standard InChI is InChI=1S/C48H34S/c1-31-29-45(38-23-21-36(22-24-38)34-13-7-4-8-14-34)41-15-9-10-16-43(41)47(31)40-27-28-44-42-26-25-39(30-46(42)49-48(44)32(40)2)37-19-17-35(18-20-37)33-11-5-3-6-12-33/h3-30H,1-2H3. The van der Waals surface area contributed by atoms with Gasteiger partial charge in [0.25, 0.3) is 0 Å². The van der Waals surface area contributed by atoms with E-state index in [1.165, 1.54) is 97.7 Å². The normalized spacial score (nSPS) is 11.5. The Balaban J connectivity index is 1.11. The first kappa shape index (κ1) is 29.4. The summed E-state index contributed by atoms with van der Waals surface area (Å²) in [7, 11) is 0. The summed E-state index contributed by atoms with van der Waals surface area (Å²) in [6, 6.07) is 62.1. The predicted molar refractivity (Wildman–Crippen MR) is 213 cm³/mol. The van der Waals surface area contributed by atoms with E-state index in [9.17, 15) is 0 Å². The number of hydrogen-bond donors (Lipinski definition) is 0. The number of aryl methyl sites for hydroxylation is 2. The van der Waals surface area contributed by atoms with E-state index < -0.39 is 0 Å². The maximum atomic E-state index is 2.39. The van der Waals surface area contributed by atoms with Crippen molar-refractivity contribution in [2.45, 2.75) is 13.8 Å². The first-order chi connectivity index (χ1) is 24.1. The van der Waals surface area contributed by atoms with E-state index in [1.54, 1.807) is 0 Å². The third kappa shape index (κ3) is 5.15. The minimum atomic E-state index is 1.24. The summed E-state index contributed by atoms with van der Waals surface area (Å²) < 4.78 is 2.70. The zero-order chi connectivity index (χ0) is 32.9. The molecule has 0 atom stereocenters. The first-order valence-electron chi connectivity index (χ1n) is 16.9. The van der Waals surface area contributed by atoms with Gasteiger partial charge in [0.2, 0.25) is 0 Å². The van der Waals surface area contributed by atoms with Crippen LogP contribution in [0.2, 0.25) is 0 Å². The molecular weight excluding hydrogens is 609 g/mol. The van der Waals surface area contributed by atoms with Gasteiger partial charge in [-0.3, -0.25) is 0 Å². The molecule has 0 saturated carbocycles. The van der Waals surface area contributed by atoms with Crippen molar-refractivity contribution in [3.63, 3.8) is 0 Å². The molecule has 0 fully saturated rings. The van der Waals surface area contributed by atoms with E-state index in [2.05, 4.69) is 184 Å². The Morgan fingerprint density at radius 2 is 0.837 bits per heavy atom. The van der Waals surface area contributed by atoms with E-state index in [4.69, 9.17) is 0 Å². The molecule has 0 bridgehead atoms. The molecular formula is C48H34S. The first-order valence-corrected chi connectivity index (χ1v) is 17.7. The Hall–Kier alpha value is -5.76. The van der Waals surface area contributed by atoms with Gasteiger partial charge in [-0.15, -0.1) is 11.3 Å². The van der Waals surface area contributed by atoms with Crippen molar-refractivity contribution in [1.82, 2.24) is 0 Å². The lowest BCUT2D eigenvalue weighted by molar-refractivity contribution is 1.46. The minimum absolute atomic E-state index is 1.24. The van der Waals surface area contributed by atoms with Gasteiger partial charge in [0.05, 0.1) is 0 Å². The van der Waals surface area contributed by atoms with Crippen LogP contribution in [0.25, 0.3) is 86.6 Å². The number of thiophene rings is 1. The Kier molecular flexibility index (Phi) is 7.22. The van der Waals surface area contributed by atoms with E-state index in [0.717, 1.165) is 0 Å². The average Bonchev–Trinajstić information content (AvgIpc) is 3.55. The van der Waals surface area contributed by atoms with E-state index in [-0.39, 0.29) is 0 Å². The van der Waals surface area contributed by atoms with Crippen LogP contribution in [0, 0.1) is 13.8 Å². The average molecular weight is 643 g/mol. The van der Waals surface area contributed by atoms with Crippen molar-refractivity contribution in [2.75, 3.05) is 0 Å². The van der Waals surface area contributed by atoms with Crippen LogP contribution in [-0.4, -0.2) is 0 Å². The highest BCUT2D eigenvalue weighted by atomic mass is 32.1. The molecule has 0 aliphatic heterocycles. The van der Waals surface area contributed by atoms with E-state index in [1.807, 2.05) is 11.3 Å². The summed E-state index contributed by atoms with van der Waals surface area (Å²) in [6.45, 7) is 4.58. The zero-order valence-electron chi connectivity index (χ0n) is 27.6. The molecule has 1 heteroatoms. The Labute approximate surface area is 291 Å². The lowest BCUT2D eigenvalue weighted by Gasteiger charge is -2.17. The van der Waals surface area contributed by atoms with Gasteiger partial charge in [0, 0.05) is 20.2 Å². The van der Waals surface area contributed by atoms with Gasteiger partial charge < -0.3 is 0 Å². The minimum Gasteiger partial charge on any atom is -0.135 e.